The molecule has 0 bridgehead atoms. The Morgan fingerprint density at radius 2 is 1.64 bits per heavy atom. The van der Waals surface area contributed by atoms with Crippen molar-refractivity contribution in [1.29, 1.82) is 0 Å². The van der Waals surface area contributed by atoms with Crippen LogP contribution in [0.2, 0.25) is 0 Å². The van der Waals surface area contributed by atoms with Gasteiger partial charge in [0, 0.05) is 31.0 Å². The average Bonchev–Trinajstić information content (AvgIpc) is 2.98. The van der Waals surface area contributed by atoms with Crippen molar-refractivity contribution in [1.82, 2.24) is 15.0 Å². The first-order valence-electron chi connectivity index (χ1n) is 13.3. The summed E-state index contributed by atoms with van der Waals surface area (Å²) in [5.41, 5.74) is -3.21. The molecule has 4 rings (SSSR count). The SMILES string of the molecule is CCOC(=O)N1c2ccc(OC)nc2[C@@H](N(Cc2cc(C(F)(F)F)cc(C(F)(F)F)c2)c2ncc(C(=O)O)cn2)C[C@H]1CC. The van der Waals surface area contributed by atoms with Crippen LogP contribution < -0.4 is 14.5 Å². The number of carbonyl (C=O) groups excluding carboxylic acids is 1. The second-order valence-corrected chi connectivity index (χ2v) is 9.76. The first-order valence-corrected chi connectivity index (χ1v) is 13.3. The van der Waals surface area contributed by atoms with Crippen LogP contribution in [-0.2, 0) is 23.6 Å². The first kappa shape index (κ1) is 32.3. The van der Waals surface area contributed by atoms with Crippen LogP contribution in [0, 0.1) is 0 Å². The lowest BCUT2D eigenvalue weighted by atomic mass is 9.92. The van der Waals surface area contributed by atoms with Gasteiger partial charge in [0.2, 0.25) is 11.8 Å². The Morgan fingerprint density at radius 3 is 2.14 bits per heavy atom. The van der Waals surface area contributed by atoms with Gasteiger partial charge in [0.1, 0.15) is 0 Å². The van der Waals surface area contributed by atoms with Crippen molar-refractivity contribution >= 4 is 23.7 Å². The predicted octanol–water partition coefficient (Wildman–Crippen LogP) is 6.51. The van der Waals surface area contributed by atoms with Crippen LogP contribution in [0.5, 0.6) is 5.88 Å². The van der Waals surface area contributed by atoms with Gasteiger partial charge in [-0.1, -0.05) is 6.92 Å². The van der Waals surface area contributed by atoms with Crippen molar-refractivity contribution in [3.8, 4) is 5.88 Å². The smallest absolute Gasteiger partial charge is 0.416 e. The van der Waals surface area contributed by atoms with Gasteiger partial charge in [0.15, 0.2) is 0 Å². The minimum absolute atomic E-state index is 0.0264. The van der Waals surface area contributed by atoms with Crippen molar-refractivity contribution in [2.75, 3.05) is 23.5 Å². The zero-order valence-electron chi connectivity index (χ0n) is 23.6. The number of carboxylic acid groups (broad SMARTS) is 1. The molecule has 3 heterocycles. The molecular formula is C28H27F6N5O5. The van der Waals surface area contributed by atoms with Crippen LogP contribution in [0.1, 0.15) is 65.5 Å². The van der Waals surface area contributed by atoms with Gasteiger partial charge in [-0.05, 0) is 49.6 Å². The molecule has 1 aliphatic rings. The van der Waals surface area contributed by atoms with Gasteiger partial charge in [-0.15, -0.1) is 0 Å². The lowest BCUT2D eigenvalue weighted by Gasteiger charge is -2.43. The number of benzene rings is 1. The van der Waals surface area contributed by atoms with Gasteiger partial charge < -0.3 is 19.5 Å². The topological polar surface area (TPSA) is 118 Å². The molecule has 0 saturated carbocycles. The van der Waals surface area contributed by atoms with E-state index in [-0.39, 0.29) is 53.4 Å². The molecule has 1 aromatic carbocycles. The van der Waals surface area contributed by atoms with E-state index < -0.39 is 54.2 Å². The van der Waals surface area contributed by atoms with Gasteiger partial charge in [0.25, 0.3) is 0 Å². The molecule has 44 heavy (non-hydrogen) atoms. The van der Waals surface area contributed by atoms with E-state index in [2.05, 4.69) is 15.0 Å². The number of methoxy groups -OCH3 is 1. The van der Waals surface area contributed by atoms with Crippen molar-refractivity contribution < 1.29 is 50.5 Å². The molecule has 3 aromatic rings. The number of rotatable bonds is 8. The number of anilines is 2. The highest BCUT2D eigenvalue weighted by atomic mass is 19.4. The molecule has 2 atom stereocenters. The summed E-state index contributed by atoms with van der Waals surface area (Å²) >= 11 is 0. The van der Waals surface area contributed by atoms with E-state index in [0.717, 1.165) is 12.4 Å². The monoisotopic (exact) mass is 627 g/mol. The Kier molecular flexibility index (Phi) is 9.20. The average molecular weight is 628 g/mol. The van der Waals surface area contributed by atoms with Crippen molar-refractivity contribution in [2.45, 2.75) is 57.7 Å². The molecule has 1 aliphatic heterocycles. The van der Waals surface area contributed by atoms with Gasteiger partial charge in [-0.2, -0.15) is 26.3 Å². The van der Waals surface area contributed by atoms with Crippen molar-refractivity contribution in [3.05, 3.63) is 70.7 Å². The minimum Gasteiger partial charge on any atom is -0.481 e. The van der Waals surface area contributed by atoms with Crippen LogP contribution in [-0.4, -0.2) is 51.9 Å². The summed E-state index contributed by atoms with van der Waals surface area (Å²) in [6, 6.07) is 2.79. The Labute approximate surface area is 247 Å². The Morgan fingerprint density at radius 1 is 1.02 bits per heavy atom. The van der Waals surface area contributed by atoms with Crippen LogP contribution in [0.4, 0.5) is 42.8 Å². The number of amides is 1. The number of carbonyl (C=O) groups is 2. The van der Waals surface area contributed by atoms with E-state index >= 15 is 0 Å². The number of carboxylic acids is 1. The molecule has 16 heteroatoms. The van der Waals surface area contributed by atoms with Gasteiger partial charge in [-0.3, -0.25) is 4.90 Å². The Bertz CT molecular complexity index is 1480. The fraction of sp³-hybridized carbons (Fsp3) is 0.393. The number of pyridine rings is 1. The molecule has 0 spiro atoms. The summed E-state index contributed by atoms with van der Waals surface area (Å²) in [5.74, 6) is -1.42. The number of alkyl halides is 6. The van der Waals surface area contributed by atoms with Gasteiger partial charge >= 0.3 is 24.4 Å². The third kappa shape index (κ3) is 6.78. The normalized spacial score (nSPS) is 16.7. The van der Waals surface area contributed by atoms with Gasteiger partial charge in [0.05, 0.1) is 47.8 Å². The number of aromatic carboxylic acids is 1. The molecule has 10 nitrogen and oxygen atoms in total. The van der Waals surface area contributed by atoms with E-state index in [0.29, 0.717) is 18.6 Å². The summed E-state index contributed by atoms with van der Waals surface area (Å²) in [6.45, 7) is 2.92. The number of aromatic nitrogens is 3. The minimum atomic E-state index is -5.08. The molecule has 0 fully saturated rings. The third-order valence-electron chi connectivity index (χ3n) is 6.98. The van der Waals surface area contributed by atoms with Gasteiger partial charge in [-0.25, -0.2) is 24.5 Å². The zero-order chi connectivity index (χ0) is 32.4. The fourth-order valence-corrected chi connectivity index (χ4v) is 4.96. The lowest BCUT2D eigenvalue weighted by Crippen LogP contribution is -2.48. The quantitative estimate of drug-likeness (QED) is 0.279. The Hall–Kier alpha value is -4.63. The van der Waals surface area contributed by atoms with Crippen LogP contribution in [0.3, 0.4) is 0 Å². The molecular weight excluding hydrogens is 600 g/mol. The maximum Gasteiger partial charge on any atom is 0.416 e. The zero-order valence-corrected chi connectivity index (χ0v) is 23.6. The number of halogens is 6. The number of hydrogen-bond acceptors (Lipinski definition) is 8. The molecule has 1 amide bonds. The van der Waals surface area contributed by atoms with E-state index in [1.807, 2.05) is 0 Å². The highest BCUT2D eigenvalue weighted by Crippen LogP contribution is 2.44. The standard InChI is InChI=1S/C28H27F6N5O5/c1-4-19-11-21(23-20(6-7-22(37-23)43-3)39(19)26(42)44-5-2)38(25-35-12-16(13-36-25)24(40)41)14-15-8-17(27(29,30)31)10-18(9-15)28(32,33)34/h6-10,12-13,19,21H,4-5,11,14H2,1-3H3,(H,40,41)/t19-,21+/m1/s1. The largest absolute Gasteiger partial charge is 0.481 e. The molecule has 2 aromatic heterocycles. The highest BCUT2D eigenvalue weighted by molar-refractivity contribution is 5.90. The summed E-state index contributed by atoms with van der Waals surface area (Å²) in [7, 11) is 1.34. The van der Waals surface area contributed by atoms with E-state index in [4.69, 9.17) is 9.47 Å². The van der Waals surface area contributed by atoms with Crippen LogP contribution >= 0.6 is 0 Å². The van der Waals surface area contributed by atoms with E-state index in [9.17, 15) is 41.0 Å². The molecule has 0 radical (unpaired) electrons. The highest BCUT2D eigenvalue weighted by Gasteiger charge is 2.42. The Balaban J connectivity index is 1.93. The number of ether oxygens (including phenoxy) is 2. The second-order valence-electron chi connectivity index (χ2n) is 9.76. The van der Waals surface area contributed by atoms with Crippen molar-refractivity contribution in [3.63, 3.8) is 0 Å². The molecule has 1 N–H and O–H groups in total. The number of nitrogens with zero attached hydrogens (tertiary/aromatic N) is 5. The van der Waals surface area contributed by atoms with Crippen molar-refractivity contribution in [2.24, 2.45) is 0 Å². The summed E-state index contributed by atoms with van der Waals surface area (Å²) in [6.07, 6.45) is -8.44. The van der Waals surface area contributed by atoms with Crippen LogP contribution in [0.25, 0.3) is 0 Å². The van der Waals surface area contributed by atoms with E-state index in [1.54, 1.807) is 19.9 Å². The molecule has 0 aliphatic carbocycles. The maximum atomic E-state index is 13.7. The van der Waals surface area contributed by atoms with E-state index in [1.165, 1.54) is 23.0 Å². The molecule has 0 unspecified atom stereocenters. The third-order valence-corrected chi connectivity index (χ3v) is 6.98. The predicted molar refractivity (Wildman–Crippen MR) is 143 cm³/mol. The fourth-order valence-electron chi connectivity index (χ4n) is 4.96. The summed E-state index contributed by atoms with van der Waals surface area (Å²) in [5, 5.41) is 9.31. The number of fused-ring (bicyclic) bond motifs is 1. The molecule has 236 valence electrons. The first-order chi connectivity index (χ1) is 20.7. The number of hydrogen-bond donors (Lipinski definition) is 1. The summed E-state index contributed by atoms with van der Waals surface area (Å²) in [4.78, 5) is 39.8. The maximum absolute atomic E-state index is 13.7. The second kappa shape index (κ2) is 12.5. The summed E-state index contributed by atoms with van der Waals surface area (Å²) < 4.78 is 92.7. The molecule has 0 saturated heterocycles. The lowest BCUT2D eigenvalue weighted by molar-refractivity contribution is -0.143. The van der Waals surface area contributed by atoms with Crippen LogP contribution in [0.15, 0.2) is 42.7 Å².